The normalized spacial score (nSPS) is 11.0. The van der Waals surface area contributed by atoms with Crippen LogP contribution >= 0.6 is 0 Å². The summed E-state index contributed by atoms with van der Waals surface area (Å²) < 4.78 is 0. The summed E-state index contributed by atoms with van der Waals surface area (Å²) in [6.07, 6.45) is 2.50. The highest BCUT2D eigenvalue weighted by atomic mass is 16.2. The molecule has 0 aromatic heterocycles. The van der Waals surface area contributed by atoms with Gasteiger partial charge in [0.05, 0.1) is 0 Å². The van der Waals surface area contributed by atoms with Crippen LogP contribution in [0.2, 0.25) is 0 Å². The van der Waals surface area contributed by atoms with Gasteiger partial charge in [-0.25, -0.2) is 0 Å². The minimum atomic E-state index is -0.181. The maximum absolute atomic E-state index is 11.3. The Balaban J connectivity index is 3.71. The molecule has 0 aliphatic heterocycles. The predicted molar refractivity (Wildman–Crippen MR) is 58.2 cm³/mol. The van der Waals surface area contributed by atoms with E-state index in [2.05, 4.69) is 27.7 Å². The molecule has 0 bridgehead atoms. The highest BCUT2D eigenvalue weighted by molar-refractivity contribution is 6.37. The second-order valence-electron chi connectivity index (χ2n) is 4.71. The lowest BCUT2D eigenvalue weighted by molar-refractivity contribution is -0.136. The third-order valence-corrected chi connectivity index (χ3v) is 2.21. The average Bonchev–Trinajstić information content (AvgIpc) is 2.09. The molecule has 0 radical (unpaired) electrons. The van der Waals surface area contributed by atoms with Crippen LogP contribution in [0.25, 0.3) is 0 Å². The van der Waals surface area contributed by atoms with Crippen molar-refractivity contribution in [1.29, 1.82) is 0 Å². The quantitative estimate of drug-likeness (QED) is 0.589. The van der Waals surface area contributed by atoms with Crippen molar-refractivity contribution >= 4 is 11.6 Å². The lowest BCUT2D eigenvalue weighted by atomic mass is 9.99. The molecule has 0 spiro atoms. The van der Waals surface area contributed by atoms with Crippen molar-refractivity contribution in [1.82, 2.24) is 0 Å². The van der Waals surface area contributed by atoms with Gasteiger partial charge in [0.25, 0.3) is 0 Å². The van der Waals surface area contributed by atoms with Gasteiger partial charge >= 0.3 is 0 Å². The molecular weight excluding hydrogens is 176 g/mol. The molecule has 0 aliphatic rings. The van der Waals surface area contributed by atoms with Crippen molar-refractivity contribution in [3.63, 3.8) is 0 Å². The molecule has 14 heavy (non-hydrogen) atoms. The molecule has 0 aliphatic carbocycles. The maximum Gasteiger partial charge on any atom is 0.198 e. The Bertz CT molecular complexity index is 170. The maximum atomic E-state index is 11.3. The molecule has 0 atom stereocenters. The largest absolute Gasteiger partial charge is 0.291 e. The first kappa shape index (κ1) is 13.3. The van der Waals surface area contributed by atoms with Gasteiger partial charge in [0.15, 0.2) is 11.6 Å². The van der Waals surface area contributed by atoms with Crippen LogP contribution in [0.4, 0.5) is 0 Å². The summed E-state index contributed by atoms with van der Waals surface area (Å²) >= 11 is 0. The van der Waals surface area contributed by atoms with E-state index < -0.39 is 0 Å². The Morgan fingerprint density at radius 2 is 1.07 bits per heavy atom. The van der Waals surface area contributed by atoms with Crippen molar-refractivity contribution < 1.29 is 9.59 Å². The predicted octanol–water partition coefficient (Wildman–Crippen LogP) is 3.00. The van der Waals surface area contributed by atoms with Crippen molar-refractivity contribution in [2.24, 2.45) is 11.8 Å². The van der Waals surface area contributed by atoms with Crippen LogP contribution in [0.5, 0.6) is 0 Å². The molecule has 82 valence electrons. The van der Waals surface area contributed by atoms with Gasteiger partial charge in [-0.2, -0.15) is 0 Å². The first-order valence-corrected chi connectivity index (χ1v) is 5.49. The summed E-state index contributed by atoms with van der Waals surface area (Å²) in [5.74, 6) is 0.632. The van der Waals surface area contributed by atoms with E-state index in [9.17, 15) is 9.59 Å². The van der Waals surface area contributed by atoms with Crippen molar-refractivity contribution in [3.8, 4) is 0 Å². The fourth-order valence-corrected chi connectivity index (χ4v) is 1.12. The summed E-state index contributed by atoms with van der Waals surface area (Å²) in [7, 11) is 0. The zero-order valence-corrected chi connectivity index (χ0v) is 9.80. The Morgan fingerprint density at radius 3 is 1.29 bits per heavy atom. The van der Waals surface area contributed by atoms with Gasteiger partial charge in [-0.15, -0.1) is 0 Å². The van der Waals surface area contributed by atoms with E-state index in [-0.39, 0.29) is 11.6 Å². The summed E-state index contributed by atoms with van der Waals surface area (Å²) in [6, 6.07) is 0. The second kappa shape index (κ2) is 6.74. The van der Waals surface area contributed by atoms with E-state index in [4.69, 9.17) is 0 Å². The molecule has 0 saturated carbocycles. The Labute approximate surface area is 87.1 Å². The lowest BCUT2D eigenvalue weighted by Crippen LogP contribution is -2.14. The molecule has 0 rings (SSSR count). The zero-order chi connectivity index (χ0) is 11.1. The molecule has 0 unspecified atom stereocenters. The van der Waals surface area contributed by atoms with E-state index in [0.717, 1.165) is 12.8 Å². The van der Waals surface area contributed by atoms with Gasteiger partial charge in [0, 0.05) is 12.8 Å². The first-order chi connectivity index (χ1) is 6.43. The monoisotopic (exact) mass is 198 g/mol. The van der Waals surface area contributed by atoms with Crippen LogP contribution in [0.1, 0.15) is 53.4 Å². The molecular formula is C12H22O2. The van der Waals surface area contributed by atoms with Crippen LogP contribution in [0.15, 0.2) is 0 Å². The molecule has 0 fully saturated rings. The number of rotatable bonds is 7. The Kier molecular flexibility index (Phi) is 6.43. The zero-order valence-electron chi connectivity index (χ0n) is 9.80. The third-order valence-electron chi connectivity index (χ3n) is 2.21. The third kappa shape index (κ3) is 6.81. The Morgan fingerprint density at radius 1 is 0.786 bits per heavy atom. The van der Waals surface area contributed by atoms with E-state index in [1.165, 1.54) is 0 Å². The minimum absolute atomic E-state index is 0.181. The van der Waals surface area contributed by atoms with Gasteiger partial charge in [-0.1, -0.05) is 27.7 Å². The number of ketones is 2. The van der Waals surface area contributed by atoms with Gasteiger partial charge in [-0.3, -0.25) is 9.59 Å². The molecule has 0 heterocycles. The van der Waals surface area contributed by atoms with Crippen LogP contribution in [-0.2, 0) is 9.59 Å². The number of carbonyl (C=O) groups excluding carboxylic acids is 2. The summed E-state index contributed by atoms with van der Waals surface area (Å²) in [5.41, 5.74) is 0. The lowest BCUT2D eigenvalue weighted by Gasteiger charge is -2.04. The topological polar surface area (TPSA) is 34.1 Å². The molecule has 0 aromatic carbocycles. The fraction of sp³-hybridized carbons (Fsp3) is 0.833. The molecule has 2 nitrogen and oxygen atoms in total. The van der Waals surface area contributed by atoms with Gasteiger partial charge in [0.1, 0.15) is 0 Å². The van der Waals surface area contributed by atoms with E-state index in [1.54, 1.807) is 0 Å². The fourth-order valence-electron chi connectivity index (χ4n) is 1.12. The van der Waals surface area contributed by atoms with Gasteiger partial charge in [-0.05, 0) is 24.7 Å². The highest BCUT2D eigenvalue weighted by Gasteiger charge is 2.13. The van der Waals surface area contributed by atoms with E-state index in [0.29, 0.717) is 24.7 Å². The number of carbonyl (C=O) groups is 2. The summed E-state index contributed by atoms with van der Waals surface area (Å²) in [6.45, 7) is 8.25. The molecule has 0 saturated heterocycles. The molecule has 0 N–H and O–H groups in total. The van der Waals surface area contributed by atoms with Gasteiger partial charge < -0.3 is 0 Å². The summed E-state index contributed by atoms with van der Waals surface area (Å²) in [5, 5.41) is 0. The molecule has 2 heteroatoms. The van der Waals surface area contributed by atoms with Crippen molar-refractivity contribution in [3.05, 3.63) is 0 Å². The second-order valence-corrected chi connectivity index (χ2v) is 4.71. The summed E-state index contributed by atoms with van der Waals surface area (Å²) in [4.78, 5) is 22.6. The first-order valence-electron chi connectivity index (χ1n) is 5.49. The SMILES string of the molecule is CC(C)CCC(=O)C(=O)CCC(C)C. The Hall–Kier alpha value is -0.660. The smallest absolute Gasteiger partial charge is 0.198 e. The van der Waals surface area contributed by atoms with Crippen molar-refractivity contribution in [2.75, 3.05) is 0 Å². The number of Topliss-reactive ketones (excluding diaryl/α,β-unsaturated/α-hetero) is 2. The standard InChI is InChI=1S/C12H22O2/c1-9(2)5-7-11(13)12(14)8-6-10(3)4/h9-10H,5-8H2,1-4H3. The molecule has 0 amide bonds. The van der Waals surface area contributed by atoms with Gasteiger partial charge in [0.2, 0.25) is 0 Å². The van der Waals surface area contributed by atoms with E-state index in [1.807, 2.05) is 0 Å². The van der Waals surface area contributed by atoms with Crippen LogP contribution in [0, 0.1) is 11.8 Å². The molecule has 0 aromatic rings. The average molecular weight is 198 g/mol. The number of hydrogen-bond acceptors (Lipinski definition) is 2. The number of hydrogen-bond donors (Lipinski definition) is 0. The highest BCUT2D eigenvalue weighted by Crippen LogP contribution is 2.08. The van der Waals surface area contributed by atoms with Crippen LogP contribution in [-0.4, -0.2) is 11.6 Å². The van der Waals surface area contributed by atoms with Crippen molar-refractivity contribution in [2.45, 2.75) is 53.4 Å². The van der Waals surface area contributed by atoms with Crippen LogP contribution < -0.4 is 0 Å². The van der Waals surface area contributed by atoms with E-state index >= 15 is 0 Å². The van der Waals surface area contributed by atoms with Crippen LogP contribution in [0.3, 0.4) is 0 Å². The minimum Gasteiger partial charge on any atom is -0.291 e.